The summed E-state index contributed by atoms with van der Waals surface area (Å²) in [5.41, 5.74) is -0.432. The Bertz CT molecular complexity index is 588. The van der Waals surface area contributed by atoms with Gasteiger partial charge in [-0.15, -0.1) is 0 Å². The van der Waals surface area contributed by atoms with Crippen LogP contribution in [0.25, 0.3) is 0 Å². The van der Waals surface area contributed by atoms with Crippen LogP contribution < -0.4 is 4.74 Å². The number of amides is 1. The lowest BCUT2D eigenvalue weighted by atomic mass is 9.82. The topological polar surface area (TPSA) is 79.2 Å². The molecule has 2 aliphatic rings. The molecular weight excluding hydrogens is 334 g/mol. The first-order valence-electron chi connectivity index (χ1n) is 8.14. The summed E-state index contributed by atoms with van der Waals surface area (Å²) in [5.74, 6) is 0.398. The smallest absolute Gasteiger partial charge is 0.260 e. The molecular formula is C17H22ClNO5. The molecule has 0 aromatic heterocycles. The predicted octanol–water partition coefficient (Wildman–Crippen LogP) is 1.22. The number of carbonyl (C=O) groups excluding carboxylic acids is 1. The zero-order chi connectivity index (χ0) is 17.2. The molecule has 0 aliphatic carbocycles. The van der Waals surface area contributed by atoms with Crippen LogP contribution in [0.4, 0.5) is 0 Å². The Morgan fingerprint density at radius 2 is 2.00 bits per heavy atom. The number of carbonyl (C=O) groups is 1. The molecule has 3 rings (SSSR count). The van der Waals surface area contributed by atoms with Gasteiger partial charge >= 0.3 is 0 Å². The third-order valence-electron chi connectivity index (χ3n) is 4.80. The Hall–Kier alpha value is -1.34. The number of ether oxygens (including phenoxy) is 2. The van der Waals surface area contributed by atoms with Crippen molar-refractivity contribution >= 4 is 17.5 Å². The highest BCUT2D eigenvalue weighted by atomic mass is 35.5. The lowest BCUT2D eigenvalue weighted by molar-refractivity contribution is -0.189. The van der Waals surface area contributed by atoms with E-state index in [1.807, 2.05) is 0 Å². The maximum absolute atomic E-state index is 12.3. The molecule has 132 valence electrons. The highest BCUT2D eigenvalue weighted by molar-refractivity contribution is 6.32. The van der Waals surface area contributed by atoms with Crippen LogP contribution in [0.3, 0.4) is 0 Å². The van der Waals surface area contributed by atoms with Crippen LogP contribution in [0.5, 0.6) is 5.75 Å². The van der Waals surface area contributed by atoms with Crippen molar-refractivity contribution in [1.82, 2.24) is 4.90 Å². The minimum atomic E-state index is -0.820. The van der Waals surface area contributed by atoms with Gasteiger partial charge in [-0.25, -0.2) is 0 Å². The standard InChI is InChI=1S/C17H22ClNO5/c18-12-3-1-2-4-15(12)23-11-16(22)19-7-5-17(6-8-19)9-13(20)14(21)10-24-17/h1-4,13-14,20-21H,5-11H2/t13-,14+/m1/s1. The van der Waals surface area contributed by atoms with E-state index in [2.05, 4.69) is 0 Å². The molecule has 2 N–H and O–H groups in total. The fourth-order valence-corrected chi connectivity index (χ4v) is 3.44. The summed E-state index contributed by atoms with van der Waals surface area (Å²) in [6.07, 6.45) is 0.124. The molecule has 0 saturated carbocycles. The number of aliphatic hydroxyl groups is 2. The molecule has 7 heteroatoms. The largest absolute Gasteiger partial charge is 0.482 e. The van der Waals surface area contributed by atoms with Gasteiger partial charge in [-0.05, 0) is 25.0 Å². The fraction of sp³-hybridized carbons (Fsp3) is 0.588. The lowest BCUT2D eigenvalue weighted by Gasteiger charge is -2.46. The van der Waals surface area contributed by atoms with Gasteiger partial charge in [0.15, 0.2) is 6.61 Å². The lowest BCUT2D eigenvalue weighted by Crippen LogP contribution is -2.55. The number of hydrogen-bond donors (Lipinski definition) is 2. The van der Waals surface area contributed by atoms with Gasteiger partial charge in [0.25, 0.3) is 5.91 Å². The molecule has 24 heavy (non-hydrogen) atoms. The molecule has 0 radical (unpaired) electrons. The highest BCUT2D eigenvalue weighted by Crippen LogP contribution is 2.35. The van der Waals surface area contributed by atoms with Gasteiger partial charge in [0.05, 0.1) is 23.3 Å². The van der Waals surface area contributed by atoms with Gasteiger partial charge in [0.2, 0.25) is 0 Å². The maximum atomic E-state index is 12.3. The van der Waals surface area contributed by atoms with Crippen LogP contribution in [0.15, 0.2) is 24.3 Å². The SMILES string of the molecule is O=C(COc1ccccc1Cl)N1CCC2(CC1)C[C@@H](O)[C@@H](O)CO2. The van der Waals surface area contributed by atoms with Crippen molar-refractivity contribution in [2.24, 2.45) is 0 Å². The van der Waals surface area contributed by atoms with Crippen molar-refractivity contribution in [2.45, 2.75) is 37.1 Å². The summed E-state index contributed by atoms with van der Waals surface area (Å²) in [6.45, 7) is 1.19. The molecule has 2 heterocycles. The highest BCUT2D eigenvalue weighted by Gasteiger charge is 2.43. The van der Waals surface area contributed by atoms with Gasteiger partial charge < -0.3 is 24.6 Å². The summed E-state index contributed by atoms with van der Waals surface area (Å²) in [5, 5.41) is 19.9. The van der Waals surface area contributed by atoms with Gasteiger partial charge in [-0.3, -0.25) is 4.79 Å². The van der Waals surface area contributed by atoms with Crippen molar-refractivity contribution < 1.29 is 24.5 Å². The Morgan fingerprint density at radius 3 is 2.67 bits per heavy atom. The molecule has 1 aromatic rings. The zero-order valence-electron chi connectivity index (χ0n) is 13.4. The molecule has 1 spiro atoms. The number of para-hydroxylation sites is 1. The Kier molecular flexibility index (Phi) is 5.30. The second-order valence-electron chi connectivity index (χ2n) is 6.43. The first kappa shape index (κ1) is 17.5. The fourth-order valence-electron chi connectivity index (χ4n) is 3.25. The molecule has 1 aromatic carbocycles. The van der Waals surface area contributed by atoms with Gasteiger partial charge in [0.1, 0.15) is 11.9 Å². The maximum Gasteiger partial charge on any atom is 0.260 e. The van der Waals surface area contributed by atoms with E-state index in [1.165, 1.54) is 0 Å². The Morgan fingerprint density at radius 1 is 1.29 bits per heavy atom. The normalized spacial score (nSPS) is 26.4. The molecule has 2 fully saturated rings. The van der Waals surface area contributed by atoms with E-state index in [1.54, 1.807) is 29.2 Å². The number of aliphatic hydroxyl groups excluding tert-OH is 2. The third-order valence-corrected chi connectivity index (χ3v) is 5.11. The van der Waals surface area contributed by atoms with Crippen molar-refractivity contribution in [1.29, 1.82) is 0 Å². The molecule has 0 bridgehead atoms. The summed E-state index contributed by atoms with van der Waals surface area (Å²) in [6, 6.07) is 7.04. The number of rotatable bonds is 3. The third kappa shape index (κ3) is 3.83. The molecule has 6 nitrogen and oxygen atoms in total. The predicted molar refractivity (Wildman–Crippen MR) is 88.1 cm³/mol. The molecule has 2 saturated heterocycles. The van der Waals surface area contributed by atoms with Crippen molar-refractivity contribution in [2.75, 3.05) is 26.3 Å². The van der Waals surface area contributed by atoms with Crippen LogP contribution in [-0.2, 0) is 9.53 Å². The summed E-state index contributed by atoms with van der Waals surface area (Å²) < 4.78 is 11.3. The van der Waals surface area contributed by atoms with Gasteiger partial charge in [-0.2, -0.15) is 0 Å². The van der Waals surface area contributed by atoms with E-state index in [-0.39, 0.29) is 19.1 Å². The van der Waals surface area contributed by atoms with E-state index in [0.717, 1.165) is 0 Å². The molecule has 0 unspecified atom stereocenters. The van der Waals surface area contributed by atoms with E-state index in [4.69, 9.17) is 21.1 Å². The van der Waals surface area contributed by atoms with E-state index >= 15 is 0 Å². The number of hydrogen-bond acceptors (Lipinski definition) is 5. The van der Waals surface area contributed by atoms with Crippen LogP contribution in [0.2, 0.25) is 5.02 Å². The van der Waals surface area contributed by atoms with Gasteiger partial charge in [-0.1, -0.05) is 23.7 Å². The molecule has 1 amide bonds. The van der Waals surface area contributed by atoms with Crippen molar-refractivity contribution in [3.05, 3.63) is 29.3 Å². The number of nitrogens with zero attached hydrogens (tertiary/aromatic N) is 1. The number of piperidine rings is 1. The van der Waals surface area contributed by atoms with Crippen LogP contribution in [0, 0.1) is 0 Å². The number of halogens is 1. The average Bonchev–Trinajstić information content (AvgIpc) is 2.58. The minimum absolute atomic E-state index is 0.0566. The number of benzene rings is 1. The van der Waals surface area contributed by atoms with E-state index in [9.17, 15) is 15.0 Å². The summed E-state index contributed by atoms with van der Waals surface area (Å²) >= 11 is 6.01. The second-order valence-corrected chi connectivity index (χ2v) is 6.84. The van der Waals surface area contributed by atoms with Crippen LogP contribution in [0.1, 0.15) is 19.3 Å². The average molecular weight is 356 g/mol. The Balaban J connectivity index is 1.49. The second kappa shape index (κ2) is 7.27. The summed E-state index contributed by atoms with van der Waals surface area (Å²) in [4.78, 5) is 14.0. The minimum Gasteiger partial charge on any atom is -0.482 e. The van der Waals surface area contributed by atoms with E-state index < -0.39 is 17.8 Å². The zero-order valence-corrected chi connectivity index (χ0v) is 14.1. The molecule has 2 aliphatic heterocycles. The van der Waals surface area contributed by atoms with E-state index in [0.29, 0.717) is 43.1 Å². The number of likely N-dealkylation sites (tertiary alicyclic amines) is 1. The monoisotopic (exact) mass is 355 g/mol. The van der Waals surface area contributed by atoms with Crippen molar-refractivity contribution in [3.8, 4) is 5.75 Å². The quantitative estimate of drug-likeness (QED) is 0.852. The molecule has 2 atom stereocenters. The first-order chi connectivity index (χ1) is 11.5. The van der Waals surface area contributed by atoms with Crippen LogP contribution in [-0.4, -0.2) is 65.1 Å². The first-order valence-corrected chi connectivity index (χ1v) is 8.52. The van der Waals surface area contributed by atoms with Gasteiger partial charge in [0, 0.05) is 19.5 Å². The Labute approximate surface area is 145 Å². The summed E-state index contributed by atoms with van der Waals surface area (Å²) in [7, 11) is 0. The van der Waals surface area contributed by atoms with Crippen LogP contribution >= 0.6 is 11.6 Å². The van der Waals surface area contributed by atoms with Crippen molar-refractivity contribution in [3.63, 3.8) is 0 Å².